The van der Waals surface area contributed by atoms with E-state index in [0.29, 0.717) is 18.6 Å². The molecule has 3 rings (SSSR count). The van der Waals surface area contributed by atoms with Gasteiger partial charge in [-0.15, -0.1) is 10.2 Å². The molecule has 0 aliphatic heterocycles. The number of rotatable bonds is 10. The zero-order chi connectivity index (χ0) is 22.2. The average molecular weight is 445 g/mol. The third-order valence-corrected chi connectivity index (χ3v) is 6.72. The van der Waals surface area contributed by atoms with Crippen LogP contribution in [0.25, 0.3) is 0 Å². The molecule has 1 N–H and O–H groups in total. The van der Waals surface area contributed by atoms with E-state index in [2.05, 4.69) is 53.0 Å². The molecule has 1 amide bonds. The first-order chi connectivity index (χ1) is 15.0. The fourth-order valence-electron chi connectivity index (χ4n) is 3.81. The number of aryl methyl sites for hydroxylation is 1. The summed E-state index contributed by atoms with van der Waals surface area (Å²) in [5.74, 6) is 2.13. The first-order valence-corrected chi connectivity index (χ1v) is 12.4. The van der Waals surface area contributed by atoms with Crippen molar-refractivity contribution in [1.82, 2.24) is 20.1 Å². The predicted molar refractivity (Wildman–Crippen MR) is 125 cm³/mol. The highest BCUT2D eigenvalue weighted by Gasteiger charge is 2.23. The van der Waals surface area contributed by atoms with E-state index in [0.717, 1.165) is 42.5 Å². The molecule has 31 heavy (non-hydrogen) atoms. The van der Waals surface area contributed by atoms with Gasteiger partial charge in [0.2, 0.25) is 5.91 Å². The van der Waals surface area contributed by atoms with Crippen molar-refractivity contribution in [2.45, 2.75) is 95.8 Å². The Morgan fingerprint density at radius 2 is 1.87 bits per heavy atom. The van der Waals surface area contributed by atoms with Crippen molar-refractivity contribution in [2.24, 2.45) is 5.92 Å². The van der Waals surface area contributed by atoms with Gasteiger partial charge in [-0.2, -0.15) is 0 Å². The molecular weight excluding hydrogens is 408 g/mol. The van der Waals surface area contributed by atoms with Crippen LogP contribution in [0.1, 0.15) is 71.2 Å². The Hall–Kier alpha value is -2.02. The monoisotopic (exact) mass is 444 g/mol. The zero-order valence-corrected chi connectivity index (χ0v) is 20.1. The molecule has 1 heterocycles. The number of carbonyl (C=O) groups is 1. The fourth-order valence-corrected chi connectivity index (χ4v) is 4.69. The summed E-state index contributed by atoms with van der Waals surface area (Å²) in [4.78, 5) is 12.7. The molecule has 0 spiro atoms. The van der Waals surface area contributed by atoms with Crippen LogP contribution in [0.4, 0.5) is 0 Å². The second-order valence-electron chi connectivity index (χ2n) is 8.79. The lowest BCUT2D eigenvalue weighted by molar-refractivity contribution is -0.121. The number of benzene rings is 1. The Labute approximate surface area is 190 Å². The zero-order valence-electron chi connectivity index (χ0n) is 19.3. The lowest BCUT2D eigenvalue weighted by Crippen LogP contribution is -2.40. The number of ether oxygens (including phenoxy) is 1. The summed E-state index contributed by atoms with van der Waals surface area (Å²) in [7, 11) is 0. The van der Waals surface area contributed by atoms with Gasteiger partial charge in [0, 0.05) is 12.6 Å². The lowest BCUT2D eigenvalue weighted by atomic mass is 9.95. The van der Waals surface area contributed by atoms with Gasteiger partial charge in [-0.1, -0.05) is 63.9 Å². The van der Waals surface area contributed by atoms with Crippen LogP contribution >= 0.6 is 11.8 Å². The first-order valence-electron chi connectivity index (χ1n) is 11.6. The summed E-state index contributed by atoms with van der Waals surface area (Å²) in [6.45, 7) is 9.57. The van der Waals surface area contributed by atoms with Crippen LogP contribution in [-0.2, 0) is 24.4 Å². The second kappa shape index (κ2) is 11.6. The van der Waals surface area contributed by atoms with Crippen LogP contribution in [0.5, 0.6) is 5.75 Å². The Morgan fingerprint density at radius 3 is 2.52 bits per heavy atom. The number of aromatic nitrogens is 3. The summed E-state index contributed by atoms with van der Waals surface area (Å²) in [5.41, 5.74) is 1.29. The van der Waals surface area contributed by atoms with Crippen molar-refractivity contribution in [3.8, 4) is 5.75 Å². The molecule has 0 bridgehead atoms. The van der Waals surface area contributed by atoms with Gasteiger partial charge in [0.15, 0.2) is 11.0 Å². The van der Waals surface area contributed by atoms with Crippen LogP contribution in [-0.4, -0.2) is 32.0 Å². The molecule has 1 aliphatic carbocycles. The van der Waals surface area contributed by atoms with Gasteiger partial charge in [-0.05, 0) is 49.8 Å². The Balaban J connectivity index is 1.63. The number of hydrogen-bond acceptors (Lipinski definition) is 5. The smallest absolute Gasteiger partial charge is 0.233 e. The number of thioether (sulfide) groups is 1. The van der Waals surface area contributed by atoms with E-state index in [-0.39, 0.29) is 11.2 Å². The Bertz CT molecular complexity index is 829. The highest BCUT2D eigenvalue weighted by molar-refractivity contribution is 8.00. The SMILES string of the molecule is CCc1ccc(OCc2nnc(SC(C)C(=O)NC3CCCCC3)n2CC(C)C)cc1. The maximum atomic E-state index is 12.7. The van der Waals surface area contributed by atoms with Crippen LogP contribution in [0, 0.1) is 5.92 Å². The Morgan fingerprint density at radius 1 is 1.16 bits per heavy atom. The quantitative estimate of drug-likeness (QED) is 0.522. The third-order valence-electron chi connectivity index (χ3n) is 5.64. The molecular formula is C24H36N4O2S. The first kappa shape index (κ1) is 23.6. The van der Waals surface area contributed by atoms with Gasteiger partial charge >= 0.3 is 0 Å². The summed E-state index contributed by atoms with van der Waals surface area (Å²) in [5, 5.41) is 12.6. The number of hydrogen-bond donors (Lipinski definition) is 1. The van der Waals surface area contributed by atoms with Gasteiger partial charge in [0.05, 0.1) is 5.25 Å². The summed E-state index contributed by atoms with van der Waals surface area (Å²) in [6, 6.07) is 8.48. The maximum absolute atomic E-state index is 12.7. The maximum Gasteiger partial charge on any atom is 0.233 e. The van der Waals surface area contributed by atoms with Crippen molar-refractivity contribution in [3.63, 3.8) is 0 Å². The largest absolute Gasteiger partial charge is 0.486 e. The molecule has 1 aromatic heterocycles. The van der Waals surface area contributed by atoms with Gasteiger partial charge in [0.25, 0.3) is 0 Å². The number of amides is 1. The number of nitrogens with one attached hydrogen (secondary N) is 1. The molecule has 1 fully saturated rings. The summed E-state index contributed by atoms with van der Waals surface area (Å²) in [6.07, 6.45) is 6.89. The van der Waals surface area contributed by atoms with Crippen molar-refractivity contribution in [1.29, 1.82) is 0 Å². The summed E-state index contributed by atoms with van der Waals surface area (Å²) < 4.78 is 8.07. The molecule has 1 saturated carbocycles. The molecule has 1 aliphatic rings. The molecule has 1 atom stereocenters. The minimum atomic E-state index is -0.215. The van der Waals surface area contributed by atoms with Gasteiger partial charge in [-0.3, -0.25) is 4.79 Å². The fraction of sp³-hybridized carbons (Fsp3) is 0.625. The van der Waals surface area contributed by atoms with Crippen molar-refractivity contribution in [3.05, 3.63) is 35.7 Å². The van der Waals surface area contributed by atoms with Gasteiger partial charge in [0.1, 0.15) is 12.4 Å². The molecule has 170 valence electrons. The van der Waals surface area contributed by atoms with Gasteiger partial charge < -0.3 is 14.6 Å². The lowest BCUT2D eigenvalue weighted by Gasteiger charge is -2.24. The molecule has 1 unspecified atom stereocenters. The van der Waals surface area contributed by atoms with E-state index in [9.17, 15) is 4.79 Å². The average Bonchev–Trinajstić information content (AvgIpc) is 3.13. The van der Waals surface area contributed by atoms with E-state index in [1.807, 2.05) is 19.1 Å². The predicted octanol–water partition coefficient (Wildman–Crippen LogP) is 5.01. The standard InChI is InChI=1S/C24H36N4O2S/c1-5-19-11-13-21(14-12-19)30-16-22-26-27-24(28(22)15-17(2)3)31-18(4)23(29)25-20-9-7-6-8-10-20/h11-14,17-18,20H,5-10,15-16H2,1-4H3,(H,25,29). The van der Waals surface area contributed by atoms with E-state index >= 15 is 0 Å². The van der Waals surface area contributed by atoms with Crippen molar-refractivity contribution in [2.75, 3.05) is 0 Å². The number of carbonyl (C=O) groups excluding carboxylic acids is 1. The van der Waals surface area contributed by atoms with E-state index in [1.165, 1.54) is 36.6 Å². The third kappa shape index (κ3) is 6.99. The number of nitrogens with zero attached hydrogens (tertiary/aromatic N) is 3. The topological polar surface area (TPSA) is 69.0 Å². The molecule has 6 nitrogen and oxygen atoms in total. The van der Waals surface area contributed by atoms with Crippen molar-refractivity contribution < 1.29 is 9.53 Å². The minimum absolute atomic E-state index is 0.0878. The van der Waals surface area contributed by atoms with Crippen LogP contribution in [0.3, 0.4) is 0 Å². The van der Waals surface area contributed by atoms with Crippen molar-refractivity contribution >= 4 is 17.7 Å². The van der Waals surface area contributed by atoms with Crippen LogP contribution in [0.2, 0.25) is 0 Å². The Kier molecular flexibility index (Phi) is 8.81. The van der Waals surface area contributed by atoms with E-state index in [1.54, 1.807) is 0 Å². The minimum Gasteiger partial charge on any atom is -0.486 e. The second-order valence-corrected chi connectivity index (χ2v) is 10.1. The van der Waals surface area contributed by atoms with Crippen LogP contribution in [0.15, 0.2) is 29.4 Å². The highest BCUT2D eigenvalue weighted by atomic mass is 32.2. The van der Waals surface area contributed by atoms with E-state index < -0.39 is 0 Å². The molecule has 1 aromatic carbocycles. The van der Waals surface area contributed by atoms with E-state index in [4.69, 9.17) is 4.74 Å². The normalized spacial score (nSPS) is 15.8. The molecule has 7 heteroatoms. The highest BCUT2D eigenvalue weighted by Crippen LogP contribution is 2.25. The molecule has 2 aromatic rings. The summed E-state index contributed by atoms with van der Waals surface area (Å²) >= 11 is 1.48. The molecule has 0 saturated heterocycles. The van der Waals surface area contributed by atoms with Crippen LogP contribution < -0.4 is 10.1 Å². The van der Waals surface area contributed by atoms with Gasteiger partial charge in [-0.25, -0.2) is 0 Å². The molecule has 0 radical (unpaired) electrons.